The largest absolute Gasteiger partial charge is 0.318 e. The molecule has 12 heavy (non-hydrogen) atoms. The van der Waals surface area contributed by atoms with Gasteiger partial charge in [-0.3, -0.25) is 0 Å². The maximum atomic E-state index is 4.10. The van der Waals surface area contributed by atoms with Gasteiger partial charge in [0.15, 0.2) is 0 Å². The number of halogens is 1. The van der Waals surface area contributed by atoms with Crippen LogP contribution < -0.4 is 0 Å². The molecule has 0 aromatic carbocycles. The summed E-state index contributed by atoms with van der Waals surface area (Å²) in [5.74, 6) is 2.67. The Labute approximate surface area is 81.3 Å². The summed E-state index contributed by atoms with van der Waals surface area (Å²) >= 11 is 3.45. The summed E-state index contributed by atoms with van der Waals surface area (Å²) in [5, 5.41) is 9.11. The summed E-state index contributed by atoms with van der Waals surface area (Å²) in [4.78, 5) is 0. The molecule has 0 radical (unpaired) electrons. The van der Waals surface area contributed by atoms with Gasteiger partial charge in [-0.15, -0.1) is 10.2 Å². The number of rotatable bonds is 3. The fourth-order valence-electron chi connectivity index (χ4n) is 0.995. The van der Waals surface area contributed by atoms with Crippen LogP contribution >= 0.6 is 15.9 Å². The summed E-state index contributed by atoms with van der Waals surface area (Å²) < 4.78 is 2.04. The minimum absolute atomic E-state index is 0.618. The van der Waals surface area contributed by atoms with Crippen LogP contribution in [0.15, 0.2) is 0 Å². The van der Waals surface area contributed by atoms with Crippen molar-refractivity contribution in [2.45, 2.75) is 20.3 Å². The summed E-state index contributed by atoms with van der Waals surface area (Å²) in [6.07, 6.45) is 0.989. The maximum absolute atomic E-state index is 4.10. The first-order valence-corrected chi connectivity index (χ1v) is 5.18. The zero-order valence-electron chi connectivity index (χ0n) is 7.71. The van der Waals surface area contributed by atoms with E-state index >= 15 is 0 Å². The second kappa shape index (κ2) is 4.03. The normalized spacial score (nSPS) is 13.3. The molecule has 0 bridgehead atoms. The van der Waals surface area contributed by atoms with Gasteiger partial charge >= 0.3 is 0 Å². The molecule has 1 unspecified atom stereocenters. The molecular weight excluding hydrogens is 218 g/mol. The molecule has 1 atom stereocenters. The lowest BCUT2D eigenvalue weighted by molar-refractivity contribution is 0.610. The molecule has 1 rings (SSSR count). The summed E-state index contributed by atoms with van der Waals surface area (Å²) in [6, 6.07) is 0. The number of aromatic nitrogens is 3. The Hall–Kier alpha value is -0.380. The van der Waals surface area contributed by atoms with E-state index in [9.17, 15) is 0 Å². The fourth-order valence-corrected chi connectivity index (χ4v) is 1.22. The molecule has 0 saturated carbocycles. The topological polar surface area (TPSA) is 30.7 Å². The third-order valence-electron chi connectivity index (χ3n) is 1.98. The Bertz CT molecular complexity index is 257. The first-order chi connectivity index (χ1) is 5.65. The van der Waals surface area contributed by atoms with Gasteiger partial charge in [0.25, 0.3) is 0 Å². The molecule has 0 N–H and O–H groups in total. The number of aryl methyl sites for hydroxylation is 1. The van der Waals surface area contributed by atoms with Crippen LogP contribution in [0, 0.1) is 12.8 Å². The molecule has 3 nitrogen and oxygen atoms in total. The van der Waals surface area contributed by atoms with Crippen molar-refractivity contribution in [1.82, 2.24) is 14.8 Å². The van der Waals surface area contributed by atoms with Crippen molar-refractivity contribution < 1.29 is 0 Å². The third-order valence-corrected chi connectivity index (χ3v) is 3.08. The Kier molecular flexibility index (Phi) is 3.26. The summed E-state index contributed by atoms with van der Waals surface area (Å²) in [5.41, 5.74) is 0. The smallest absolute Gasteiger partial charge is 0.133 e. The Morgan fingerprint density at radius 3 is 2.58 bits per heavy atom. The van der Waals surface area contributed by atoms with E-state index in [-0.39, 0.29) is 0 Å². The Morgan fingerprint density at radius 2 is 2.17 bits per heavy atom. The van der Waals surface area contributed by atoms with Crippen LogP contribution in [0.5, 0.6) is 0 Å². The molecule has 1 aromatic heterocycles. The highest BCUT2D eigenvalue weighted by Crippen LogP contribution is 2.08. The number of hydrogen-bond acceptors (Lipinski definition) is 2. The van der Waals surface area contributed by atoms with Crippen LogP contribution in [0.4, 0.5) is 0 Å². The van der Waals surface area contributed by atoms with Gasteiger partial charge in [0.05, 0.1) is 0 Å². The maximum Gasteiger partial charge on any atom is 0.133 e. The van der Waals surface area contributed by atoms with Gasteiger partial charge in [0, 0.05) is 18.8 Å². The van der Waals surface area contributed by atoms with E-state index in [1.54, 1.807) is 0 Å². The molecule has 4 heteroatoms. The minimum atomic E-state index is 0.618. The summed E-state index contributed by atoms with van der Waals surface area (Å²) in [6.45, 7) is 4.16. The predicted molar refractivity (Wildman–Crippen MR) is 52.4 cm³/mol. The number of hydrogen-bond donors (Lipinski definition) is 0. The first-order valence-electron chi connectivity index (χ1n) is 4.06. The SMILES string of the molecule is Cc1nnc(CC(C)CBr)n1C. The molecular formula is C8H14BrN3. The quantitative estimate of drug-likeness (QED) is 0.742. The second-order valence-corrected chi connectivity index (χ2v) is 3.83. The van der Waals surface area contributed by atoms with Gasteiger partial charge in [-0.25, -0.2) is 0 Å². The van der Waals surface area contributed by atoms with E-state index in [1.165, 1.54) is 0 Å². The van der Waals surface area contributed by atoms with Crippen LogP contribution in [0.1, 0.15) is 18.6 Å². The average molecular weight is 232 g/mol. The van der Waals surface area contributed by atoms with Crippen molar-refractivity contribution >= 4 is 15.9 Å². The van der Waals surface area contributed by atoms with E-state index in [2.05, 4.69) is 33.1 Å². The zero-order chi connectivity index (χ0) is 9.14. The minimum Gasteiger partial charge on any atom is -0.318 e. The predicted octanol–water partition coefficient (Wildman–Crippen LogP) is 1.70. The van der Waals surface area contributed by atoms with Crippen molar-refractivity contribution in [3.05, 3.63) is 11.6 Å². The van der Waals surface area contributed by atoms with Gasteiger partial charge in [-0.05, 0) is 12.8 Å². The van der Waals surface area contributed by atoms with Crippen LogP contribution in [0.25, 0.3) is 0 Å². The molecule has 0 amide bonds. The van der Waals surface area contributed by atoms with Gasteiger partial charge in [-0.1, -0.05) is 22.9 Å². The molecule has 68 valence electrons. The van der Waals surface area contributed by atoms with E-state index in [0.717, 1.165) is 23.4 Å². The standard InChI is InChI=1S/C8H14BrN3/c1-6(5-9)4-8-11-10-7(2)12(8)3/h6H,4-5H2,1-3H3. The van der Waals surface area contributed by atoms with Crippen LogP contribution in [0.2, 0.25) is 0 Å². The monoisotopic (exact) mass is 231 g/mol. The number of nitrogens with zero attached hydrogens (tertiary/aromatic N) is 3. The number of alkyl halides is 1. The molecule has 0 aliphatic rings. The van der Waals surface area contributed by atoms with E-state index < -0.39 is 0 Å². The second-order valence-electron chi connectivity index (χ2n) is 3.19. The van der Waals surface area contributed by atoms with Gasteiger partial charge in [-0.2, -0.15) is 0 Å². The zero-order valence-corrected chi connectivity index (χ0v) is 9.30. The van der Waals surface area contributed by atoms with Gasteiger partial charge < -0.3 is 4.57 Å². The van der Waals surface area contributed by atoms with Crippen LogP contribution in [-0.4, -0.2) is 20.1 Å². The van der Waals surface area contributed by atoms with Crippen molar-refractivity contribution in [2.24, 2.45) is 13.0 Å². The molecule has 0 aliphatic heterocycles. The van der Waals surface area contributed by atoms with Crippen molar-refractivity contribution in [1.29, 1.82) is 0 Å². The molecule has 0 spiro atoms. The fraction of sp³-hybridized carbons (Fsp3) is 0.750. The van der Waals surface area contributed by atoms with Gasteiger partial charge in [0.2, 0.25) is 0 Å². The molecule has 1 heterocycles. The van der Waals surface area contributed by atoms with E-state index in [1.807, 2.05) is 18.5 Å². The van der Waals surface area contributed by atoms with Crippen molar-refractivity contribution in [3.63, 3.8) is 0 Å². The molecule has 0 fully saturated rings. The molecule has 0 saturated heterocycles. The highest BCUT2D eigenvalue weighted by atomic mass is 79.9. The first kappa shape index (κ1) is 9.71. The third kappa shape index (κ3) is 2.06. The lowest BCUT2D eigenvalue weighted by Crippen LogP contribution is -2.07. The average Bonchev–Trinajstić information content (AvgIpc) is 2.36. The van der Waals surface area contributed by atoms with Crippen LogP contribution in [-0.2, 0) is 13.5 Å². The highest BCUT2D eigenvalue weighted by Gasteiger charge is 2.08. The lowest BCUT2D eigenvalue weighted by Gasteiger charge is -2.06. The summed E-state index contributed by atoms with van der Waals surface area (Å²) in [7, 11) is 2.01. The van der Waals surface area contributed by atoms with Crippen molar-refractivity contribution in [2.75, 3.05) is 5.33 Å². The molecule has 0 aliphatic carbocycles. The molecule has 1 aromatic rings. The van der Waals surface area contributed by atoms with Crippen molar-refractivity contribution in [3.8, 4) is 0 Å². The van der Waals surface area contributed by atoms with Crippen LogP contribution in [0.3, 0.4) is 0 Å². The van der Waals surface area contributed by atoms with Gasteiger partial charge in [0.1, 0.15) is 11.6 Å². The highest BCUT2D eigenvalue weighted by molar-refractivity contribution is 9.09. The lowest BCUT2D eigenvalue weighted by atomic mass is 10.1. The Morgan fingerprint density at radius 1 is 1.50 bits per heavy atom. The Balaban J connectivity index is 2.69. The van der Waals surface area contributed by atoms with E-state index in [0.29, 0.717) is 5.92 Å². The van der Waals surface area contributed by atoms with E-state index in [4.69, 9.17) is 0 Å².